The summed E-state index contributed by atoms with van der Waals surface area (Å²) in [4.78, 5) is 29.1. The minimum Gasteiger partial charge on any atom is -0.381 e. The zero-order valence-electron chi connectivity index (χ0n) is 18.8. The van der Waals surface area contributed by atoms with Gasteiger partial charge < -0.3 is 25.6 Å². The van der Waals surface area contributed by atoms with Gasteiger partial charge in [0.05, 0.1) is 17.4 Å². The summed E-state index contributed by atoms with van der Waals surface area (Å²) in [6, 6.07) is 6.12. The third-order valence-electron chi connectivity index (χ3n) is 6.89. The normalized spacial score (nSPS) is 22.9. The number of ether oxygens (including phenoxy) is 1. The number of hydrogen-bond donors (Lipinski definition) is 2. The Morgan fingerprint density at radius 3 is 2.58 bits per heavy atom. The first kappa shape index (κ1) is 22.2. The molecule has 1 aromatic carbocycles. The summed E-state index contributed by atoms with van der Waals surface area (Å²) in [7, 11) is 0. The molecule has 170 valence electrons. The summed E-state index contributed by atoms with van der Waals surface area (Å²) < 4.78 is 5.45. The van der Waals surface area contributed by atoms with Crippen LogP contribution >= 0.6 is 0 Å². The zero-order valence-corrected chi connectivity index (χ0v) is 18.8. The molecule has 0 radical (unpaired) electrons. The molecule has 0 spiro atoms. The molecule has 2 amide bonds. The van der Waals surface area contributed by atoms with E-state index in [1.54, 1.807) is 6.92 Å². The van der Waals surface area contributed by atoms with Crippen LogP contribution in [-0.4, -0.2) is 57.2 Å². The van der Waals surface area contributed by atoms with E-state index in [4.69, 9.17) is 10.5 Å². The summed E-state index contributed by atoms with van der Waals surface area (Å²) in [6.45, 7) is 8.16. The number of hydrogen-bond acceptors (Lipinski definition) is 5. The van der Waals surface area contributed by atoms with Crippen LogP contribution in [0.4, 0.5) is 11.4 Å². The number of anilines is 2. The van der Waals surface area contributed by atoms with Crippen molar-refractivity contribution in [3.8, 4) is 0 Å². The van der Waals surface area contributed by atoms with Crippen LogP contribution in [0.3, 0.4) is 0 Å². The second-order valence-electron chi connectivity index (χ2n) is 9.36. The van der Waals surface area contributed by atoms with Crippen molar-refractivity contribution in [1.29, 1.82) is 0 Å². The Hall–Kier alpha value is -1.96. The molecule has 1 unspecified atom stereocenters. The van der Waals surface area contributed by atoms with E-state index in [-0.39, 0.29) is 29.7 Å². The monoisotopic (exact) mass is 428 g/mol. The van der Waals surface area contributed by atoms with Gasteiger partial charge >= 0.3 is 0 Å². The number of amides is 2. The van der Waals surface area contributed by atoms with E-state index in [0.717, 1.165) is 68.9 Å². The average Bonchev–Trinajstić information content (AvgIpc) is 3.61. The Morgan fingerprint density at radius 2 is 1.94 bits per heavy atom. The number of carbonyl (C=O) groups is 2. The number of benzene rings is 1. The second kappa shape index (κ2) is 9.67. The fourth-order valence-electron chi connectivity index (χ4n) is 4.88. The van der Waals surface area contributed by atoms with E-state index in [1.807, 2.05) is 22.8 Å². The molecule has 1 aliphatic carbocycles. The van der Waals surface area contributed by atoms with Crippen LogP contribution in [0.2, 0.25) is 0 Å². The average molecular weight is 429 g/mol. The third kappa shape index (κ3) is 4.94. The molecular weight excluding hydrogens is 392 g/mol. The van der Waals surface area contributed by atoms with Gasteiger partial charge in [-0.25, -0.2) is 0 Å². The minimum absolute atomic E-state index is 0.00789. The molecule has 2 heterocycles. The fourth-order valence-corrected chi connectivity index (χ4v) is 4.88. The highest BCUT2D eigenvalue weighted by molar-refractivity contribution is 6.05. The number of nitrogens with two attached hydrogens (primary N) is 1. The number of carbonyl (C=O) groups excluding carboxylic acids is 2. The van der Waals surface area contributed by atoms with Gasteiger partial charge in [-0.1, -0.05) is 6.07 Å². The molecule has 2 aliphatic heterocycles. The molecule has 2 fully saturated rings. The molecule has 0 aromatic heterocycles. The highest BCUT2D eigenvalue weighted by Crippen LogP contribution is 2.41. The second-order valence-corrected chi connectivity index (χ2v) is 9.36. The van der Waals surface area contributed by atoms with Crippen molar-refractivity contribution in [1.82, 2.24) is 5.32 Å². The van der Waals surface area contributed by atoms with E-state index < -0.39 is 0 Å². The molecule has 31 heavy (non-hydrogen) atoms. The van der Waals surface area contributed by atoms with Crippen molar-refractivity contribution < 1.29 is 14.3 Å². The van der Waals surface area contributed by atoms with Gasteiger partial charge in [0.1, 0.15) is 0 Å². The summed E-state index contributed by atoms with van der Waals surface area (Å²) >= 11 is 0. The largest absolute Gasteiger partial charge is 0.381 e. The van der Waals surface area contributed by atoms with Gasteiger partial charge in [0.15, 0.2) is 0 Å². The molecule has 3 aliphatic rings. The van der Waals surface area contributed by atoms with Crippen LogP contribution in [0, 0.1) is 11.8 Å². The molecule has 1 aromatic rings. The topological polar surface area (TPSA) is 87.9 Å². The summed E-state index contributed by atoms with van der Waals surface area (Å²) in [5, 5.41) is 3.60. The van der Waals surface area contributed by atoms with E-state index in [0.29, 0.717) is 19.0 Å². The smallest absolute Gasteiger partial charge is 0.230 e. The Kier molecular flexibility index (Phi) is 6.94. The molecule has 1 saturated carbocycles. The summed E-state index contributed by atoms with van der Waals surface area (Å²) in [5.74, 6) is 1.16. The Morgan fingerprint density at radius 1 is 1.19 bits per heavy atom. The highest BCUT2D eigenvalue weighted by atomic mass is 16.5. The lowest BCUT2D eigenvalue weighted by molar-refractivity contribution is -0.120. The van der Waals surface area contributed by atoms with E-state index in [2.05, 4.69) is 17.4 Å². The zero-order chi connectivity index (χ0) is 22.0. The van der Waals surface area contributed by atoms with Gasteiger partial charge in [-0.3, -0.25) is 9.59 Å². The molecule has 7 nitrogen and oxygen atoms in total. The van der Waals surface area contributed by atoms with Crippen molar-refractivity contribution in [2.24, 2.45) is 17.6 Å². The maximum Gasteiger partial charge on any atom is 0.230 e. The van der Waals surface area contributed by atoms with E-state index in [9.17, 15) is 9.59 Å². The van der Waals surface area contributed by atoms with Crippen molar-refractivity contribution in [2.45, 2.75) is 51.5 Å². The fraction of sp³-hybridized carbons (Fsp3) is 0.667. The van der Waals surface area contributed by atoms with Gasteiger partial charge in [0, 0.05) is 51.6 Å². The van der Waals surface area contributed by atoms with Crippen LogP contribution in [0.15, 0.2) is 18.2 Å². The maximum absolute atomic E-state index is 13.0. The minimum atomic E-state index is -0.0370. The predicted octanol–water partition coefficient (Wildman–Crippen LogP) is 2.24. The van der Waals surface area contributed by atoms with Gasteiger partial charge in [0.2, 0.25) is 11.8 Å². The first-order chi connectivity index (χ1) is 15.0. The molecule has 4 rings (SSSR count). The predicted molar refractivity (Wildman–Crippen MR) is 122 cm³/mol. The van der Waals surface area contributed by atoms with Crippen molar-refractivity contribution in [3.05, 3.63) is 23.8 Å². The number of nitrogens with zero attached hydrogens (tertiary/aromatic N) is 2. The van der Waals surface area contributed by atoms with E-state index >= 15 is 0 Å². The number of fused-ring (bicyclic) bond motifs is 1. The quantitative estimate of drug-likeness (QED) is 0.695. The van der Waals surface area contributed by atoms with Gasteiger partial charge in [-0.05, 0) is 62.8 Å². The molecule has 1 saturated heterocycles. The van der Waals surface area contributed by atoms with Crippen LogP contribution in [0.1, 0.15) is 51.0 Å². The summed E-state index contributed by atoms with van der Waals surface area (Å²) in [6.07, 6.45) is 4.15. The van der Waals surface area contributed by atoms with Crippen LogP contribution < -0.4 is 20.9 Å². The van der Waals surface area contributed by atoms with Crippen molar-refractivity contribution in [2.75, 3.05) is 49.2 Å². The van der Waals surface area contributed by atoms with Gasteiger partial charge in [-0.15, -0.1) is 0 Å². The molecule has 2 atom stereocenters. The highest BCUT2D eigenvalue weighted by Gasteiger charge is 2.39. The third-order valence-corrected chi connectivity index (χ3v) is 6.89. The van der Waals surface area contributed by atoms with Crippen molar-refractivity contribution >= 4 is 23.2 Å². The maximum atomic E-state index is 13.0. The van der Waals surface area contributed by atoms with Gasteiger partial charge in [-0.2, -0.15) is 0 Å². The Bertz CT molecular complexity index is 804. The lowest BCUT2D eigenvalue weighted by Gasteiger charge is -2.41. The molecular formula is C24H36N4O3. The number of rotatable bonds is 7. The van der Waals surface area contributed by atoms with Crippen LogP contribution in [0.5, 0.6) is 0 Å². The Balaban J connectivity index is 1.53. The standard InChI is InChI=1S/C24H36N4O3/c1-16-15-27(24(30)19-3-4-19)23-11-20(5-6-22(23)28(16)17(2)29)21(12-25)14-26-13-18-7-9-31-10-8-18/h5-6,11,16,18-19,21,26H,3-4,7-10,12-15,25H2,1-2H3/t16-,21?/m0/s1. The van der Waals surface area contributed by atoms with Crippen LogP contribution in [0.25, 0.3) is 0 Å². The van der Waals surface area contributed by atoms with Crippen LogP contribution in [-0.2, 0) is 14.3 Å². The first-order valence-corrected chi connectivity index (χ1v) is 11.7. The lowest BCUT2D eigenvalue weighted by Crippen LogP contribution is -2.51. The van der Waals surface area contributed by atoms with Crippen molar-refractivity contribution in [3.63, 3.8) is 0 Å². The lowest BCUT2D eigenvalue weighted by atomic mass is 9.95. The van der Waals surface area contributed by atoms with Gasteiger partial charge in [0.25, 0.3) is 0 Å². The SMILES string of the molecule is CC(=O)N1c2ccc(C(CN)CNCC3CCOCC3)cc2N(C(=O)C2CC2)C[C@@H]1C. The van der Waals surface area contributed by atoms with E-state index in [1.165, 1.54) is 0 Å². The summed E-state index contributed by atoms with van der Waals surface area (Å²) in [5.41, 5.74) is 8.94. The Labute approximate surface area is 185 Å². The number of nitrogens with one attached hydrogen (secondary N) is 1. The molecule has 7 heteroatoms. The molecule has 3 N–H and O–H groups in total. The first-order valence-electron chi connectivity index (χ1n) is 11.7. The molecule has 0 bridgehead atoms.